The Morgan fingerprint density at radius 3 is 2.53 bits per heavy atom. The number of pyridine rings is 2. The van der Waals surface area contributed by atoms with Crippen LogP contribution in [-0.4, -0.2) is 63.0 Å². The zero-order valence-electron chi connectivity index (χ0n) is 20.2. The van der Waals surface area contributed by atoms with Crippen LogP contribution in [0.5, 0.6) is 0 Å². The van der Waals surface area contributed by atoms with E-state index in [9.17, 15) is 19.5 Å². The number of rotatable bonds is 5. The standard InChI is InChI=1S/C28H28N4O4/c1-30(2)28(36)25-22(17-33)21-16-31-23(24(21)32(25)27(35)20-9-6-14-29-15-20)13-12-19(26(31)34)11-10-18-7-4-3-5-8-18/h3-15,21-22,24-25,33H,16-17H2,1-2H3/t21-,22-,24+,25-/m0/s1. The molecule has 36 heavy (non-hydrogen) atoms. The third-order valence-electron chi connectivity index (χ3n) is 7.20. The summed E-state index contributed by atoms with van der Waals surface area (Å²) < 4.78 is 1.68. The van der Waals surface area contributed by atoms with Gasteiger partial charge in [-0.15, -0.1) is 0 Å². The van der Waals surface area contributed by atoms with Gasteiger partial charge in [-0.25, -0.2) is 0 Å². The maximum Gasteiger partial charge on any atom is 0.258 e. The van der Waals surface area contributed by atoms with E-state index in [1.165, 1.54) is 11.1 Å². The summed E-state index contributed by atoms with van der Waals surface area (Å²) in [6.45, 7) is 0.0524. The first-order valence-corrected chi connectivity index (χ1v) is 11.9. The number of hydrogen-bond donors (Lipinski definition) is 1. The largest absolute Gasteiger partial charge is 0.396 e. The first kappa shape index (κ1) is 23.7. The topological polar surface area (TPSA) is 95.7 Å². The number of nitrogens with zero attached hydrogens (tertiary/aromatic N) is 4. The lowest BCUT2D eigenvalue weighted by Gasteiger charge is -2.32. The molecule has 8 nitrogen and oxygen atoms in total. The lowest BCUT2D eigenvalue weighted by Crippen LogP contribution is -2.50. The van der Waals surface area contributed by atoms with Gasteiger partial charge in [0.2, 0.25) is 5.91 Å². The van der Waals surface area contributed by atoms with Crippen LogP contribution in [0.25, 0.3) is 12.2 Å². The van der Waals surface area contributed by atoms with Gasteiger partial charge in [0.15, 0.2) is 0 Å². The van der Waals surface area contributed by atoms with Gasteiger partial charge < -0.3 is 19.5 Å². The Morgan fingerprint density at radius 1 is 1.08 bits per heavy atom. The Bertz CT molecular complexity index is 1370. The molecule has 2 amide bonds. The molecule has 1 fully saturated rings. The fraction of sp³-hybridized carbons (Fsp3) is 0.286. The summed E-state index contributed by atoms with van der Waals surface area (Å²) in [6.07, 6.45) is 6.73. The number of likely N-dealkylation sites (tertiary alicyclic amines) is 1. The second kappa shape index (κ2) is 9.54. The number of amides is 2. The minimum atomic E-state index is -0.839. The van der Waals surface area contributed by atoms with E-state index in [4.69, 9.17) is 0 Å². The number of hydrogen-bond acceptors (Lipinski definition) is 5. The Labute approximate surface area is 209 Å². The highest BCUT2D eigenvalue weighted by Gasteiger charge is 2.57. The van der Waals surface area contributed by atoms with Gasteiger partial charge in [-0.2, -0.15) is 0 Å². The third-order valence-corrected chi connectivity index (χ3v) is 7.20. The fourth-order valence-corrected chi connectivity index (χ4v) is 5.49. The van der Waals surface area contributed by atoms with Gasteiger partial charge in [-0.05, 0) is 35.9 Å². The van der Waals surface area contributed by atoms with E-state index >= 15 is 0 Å². The molecule has 2 aliphatic rings. The molecule has 0 saturated carbocycles. The van der Waals surface area contributed by atoms with E-state index in [1.807, 2.05) is 42.5 Å². The van der Waals surface area contributed by atoms with Gasteiger partial charge in [0, 0.05) is 62.7 Å². The minimum Gasteiger partial charge on any atom is -0.396 e. The van der Waals surface area contributed by atoms with Crippen molar-refractivity contribution in [2.75, 3.05) is 20.7 Å². The number of carbonyl (C=O) groups is 2. The average molecular weight is 485 g/mol. The molecular weight excluding hydrogens is 456 g/mol. The van der Waals surface area contributed by atoms with E-state index in [2.05, 4.69) is 4.98 Å². The highest BCUT2D eigenvalue weighted by atomic mass is 16.3. The van der Waals surface area contributed by atoms with Crippen LogP contribution < -0.4 is 5.56 Å². The van der Waals surface area contributed by atoms with Crippen LogP contribution in [-0.2, 0) is 11.3 Å². The number of carbonyl (C=O) groups excluding carboxylic acids is 2. The fourth-order valence-electron chi connectivity index (χ4n) is 5.49. The van der Waals surface area contributed by atoms with E-state index < -0.39 is 18.0 Å². The molecule has 0 spiro atoms. The molecule has 1 saturated heterocycles. The van der Waals surface area contributed by atoms with Gasteiger partial charge in [-0.3, -0.25) is 19.4 Å². The highest BCUT2D eigenvalue weighted by molar-refractivity contribution is 5.98. The van der Waals surface area contributed by atoms with Crippen molar-refractivity contribution in [1.82, 2.24) is 19.4 Å². The highest BCUT2D eigenvalue weighted by Crippen LogP contribution is 2.50. The van der Waals surface area contributed by atoms with Crippen molar-refractivity contribution in [1.29, 1.82) is 0 Å². The predicted octanol–water partition coefficient (Wildman–Crippen LogP) is 2.31. The van der Waals surface area contributed by atoms with Crippen LogP contribution in [0.15, 0.2) is 71.8 Å². The molecule has 0 bridgehead atoms. The van der Waals surface area contributed by atoms with Crippen molar-refractivity contribution < 1.29 is 14.7 Å². The van der Waals surface area contributed by atoms with Crippen molar-refractivity contribution in [3.8, 4) is 0 Å². The molecule has 0 radical (unpaired) electrons. The van der Waals surface area contributed by atoms with Crippen molar-refractivity contribution in [3.63, 3.8) is 0 Å². The zero-order chi connectivity index (χ0) is 25.4. The summed E-state index contributed by atoms with van der Waals surface area (Å²) >= 11 is 0. The number of aliphatic hydroxyl groups is 1. The molecule has 184 valence electrons. The molecule has 3 aromatic rings. The van der Waals surface area contributed by atoms with Gasteiger partial charge in [0.25, 0.3) is 11.5 Å². The second-order valence-corrected chi connectivity index (χ2v) is 9.46. The van der Waals surface area contributed by atoms with E-state index in [0.29, 0.717) is 23.4 Å². The Kier molecular flexibility index (Phi) is 6.28. The quantitative estimate of drug-likeness (QED) is 0.600. The number of aromatic nitrogens is 2. The van der Waals surface area contributed by atoms with Crippen LogP contribution in [0.1, 0.15) is 33.2 Å². The maximum atomic E-state index is 13.7. The smallest absolute Gasteiger partial charge is 0.258 e. The maximum absolute atomic E-state index is 13.7. The Balaban J connectivity index is 1.58. The van der Waals surface area contributed by atoms with Crippen molar-refractivity contribution in [3.05, 3.63) is 99.7 Å². The van der Waals surface area contributed by atoms with E-state index in [-0.39, 0.29) is 29.9 Å². The number of benzene rings is 1. The molecule has 5 rings (SSSR count). The molecule has 2 aromatic heterocycles. The van der Waals surface area contributed by atoms with Crippen molar-refractivity contribution in [2.24, 2.45) is 11.8 Å². The summed E-state index contributed by atoms with van der Waals surface area (Å²) in [4.78, 5) is 47.5. The molecule has 0 aliphatic carbocycles. The summed E-state index contributed by atoms with van der Waals surface area (Å²) in [5.41, 5.74) is 2.39. The lowest BCUT2D eigenvalue weighted by atomic mass is 9.88. The van der Waals surface area contributed by atoms with Crippen LogP contribution in [0, 0.1) is 11.8 Å². The van der Waals surface area contributed by atoms with Crippen LogP contribution >= 0.6 is 0 Å². The predicted molar refractivity (Wildman–Crippen MR) is 136 cm³/mol. The lowest BCUT2D eigenvalue weighted by molar-refractivity contribution is -0.134. The molecule has 4 atom stereocenters. The van der Waals surface area contributed by atoms with Crippen molar-refractivity contribution >= 4 is 24.0 Å². The van der Waals surface area contributed by atoms with Gasteiger partial charge >= 0.3 is 0 Å². The third kappa shape index (κ3) is 3.93. The summed E-state index contributed by atoms with van der Waals surface area (Å²) in [5, 5.41) is 10.4. The summed E-state index contributed by atoms with van der Waals surface area (Å²) in [6, 6.07) is 15.3. The first-order chi connectivity index (χ1) is 17.4. The van der Waals surface area contributed by atoms with Crippen LogP contribution in [0.2, 0.25) is 0 Å². The average Bonchev–Trinajstić information content (AvgIpc) is 3.43. The van der Waals surface area contributed by atoms with E-state index in [0.717, 1.165) is 5.56 Å². The van der Waals surface area contributed by atoms with Gasteiger partial charge in [0.1, 0.15) is 6.04 Å². The second-order valence-electron chi connectivity index (χ2n) is 9.46. The molecule has 4 heterocycles. The monoisotopic (exact) mass is 484 g/mol. The van der Waals surface area contributed by atoms with Gasteiger partial charge in [0.05, 0.1) is 11.6 Å². The SMILES string of the molecule is CN(C)C(=O)[C@@H]1[C@@H](CO)[C@@H]2Cn3c(ccc(C=Cc4ccccc4)c3=O)[C@@H]2N1C(=O)c1cccnc1. The summed E-state index contributed by atoms with van der Waals surface area (Å²) in [5.74, 6) is -1.38. The number of aliphatic hydroxyl groups excluding tert-OH is 1. The van der Waals surface area contributed by atoms with Crippen molar-refractivity contribution in [2.45, 2.75) is 18.6 Å². The molecule has 0 unspecified atom stereocenters. The van der Waals surface area contributed by atoms with Gasteiger partial charge in [-0.1, -0.05) is 36.4 Å². The number of likely N-dealkylation sites (N-methyl/N-ethyl adjacent to an activating group) is 1. The van der Waals surface area contributed by atoms with Crippen LogP contribution in [0.3, 0.4) is 0 Å². The molecular formula is C28H28N4O4. The Morgan fingerprint density at radius 2 is 1.86 bits per heavy atom. The first-order valence-electron chi connectivity index (χ1n) is 11.9. The van der Waals surface area contributed by atoms with Crippen LogP contribution in [0.4, 0.5) is 0 Å². The molecule has 1 aromatic carbocycles. The zero-order valence-corrected chi connectivity index (χ0v) is 20.2. The molecule has 1 N–H and O–H groups in total. The normalized spacial score (nSPS) is 22.5. The molecule has 8 heteroatoms. The summed E-state index contributed by atoms with van der Waals surface area (Å²) in [7, 11) is 3.28. The minimum absolute atomic E-state index is 0.157. The Hall–Kier alpha value is -4.04. The molecule has 2 aliphatic heterocycles. The van der Waals surface area contributed by atoms with E-state index in [1.54, 1.807) is 54.0 Å². The number of fused-ring (bicyclic) bond motifs is 3.